The molecule has 0 aliphatic carbocycles. The second-order valence-corrected chi connectivity index (χ2v) is 9.35. The van der Waals surface area contributed by atoms with Gasteiger partial charge in [0, 0.05) is 6.54 Å². The molecule has 1 heterocycles. The summed E-state index contributed by atoms with van der Waals surface area (Å²) in [6.45, 7) is 1.64. The predicted molar refractivity (Wildman–Crippen MR) is 134 cm³/mol. The average molecular weight is 493 g/mol. The SMILES string of the molecule is CCN(c1cccc(CO)c1)S(=O)(=O)c1ccccc1N=Nc1c(N)[nH]n(-c2ccccc2)c1=O. The Morgan fingerprint density at radius 2 is 1.71 bits per heavy atom. The van der Waals surface area contributed by atoms with Gasteiger partial charge in [-0.3, -0.25) is 14.2 Å². The molecule has 0 atom stereocenters. The van der Waals surface area contributed by atoms with Gasteiger partial charge in [-0.25, -0.2) is 13.1 Å². The minimum Gasteiger partial charge on any atom is -0.392 e. The van der Waals surface area contributed by atoms with Crippen LogP contribution in [0.4, 0.5) is 22.9 Å². The fourth-order valence-electron chi connectivity index (χ4n) is 3.58. The zero-order valence-corrected chi connectivity index (χ0v) is 19.7. The van der Waals surface area contributed by atoms with E-state index in [1.54, 1.807) is 67.6 Å². The van der Waals surface area contributed by atoms with Gasteiger partial charge in [-0.1, -0.05) is 42.5 Å². The normalized spacial score (nSPS) is 11.7. The Morgan fingerprint density at radius 3 is 2.43 bits per heavy atom. The average Bonchev–Trinajstić information content (AvgIpc) is 3.16. The molecule has 0 aliphatic rings. The van der Waals surface area contributed by atoms with Crippen molar-refractivity contribution in [1.82, 2.24) is 9.78 Å². The molecule has 0 saturated carbocycles. The number of nitrogens with zero attached hydrogens (tertiary/aromatic N) is 4. The van der Waals surface area contributed by atoms with Gasteiger partial charge >= 0.3 is 5.56 Å². The zero-order valence-electron chi connectivity index (χ0n) is 18.9. The van der Waals surface area contributed by atoms with Crippen LogP contribution >= 0.6 is 0 Å². The number of azo groups is 1. The lowest BCUT2D eigenvalue weighted by Crippen LogP contribution is -2.30. The maximum absolute atomic E-state index is 13.6. The third-order valence-electron chi connectivity index (χ3n) is 5.27. The summed E-state index contributed by atoms with van der Waals surface area (Å²) in [6.07, 6.45) is 0. The quantitative estimate of drug-likeness (QED) is 0.320. The van der Waals surface area contributed by atoms with Gasteiger partial charge in [-0.15, -0.1) is 10.2 Å². The molecular weight excluding hydrogens is 468 g/mol. The largest absolute Gasteiger partial charge is 0.392 e. The molecular formula is C24H24N6O4S. The number of aromatic nitrogens is 2. The number of nitrogen functional groups attached to an aromatic ring is 1. The molecule has 0 unspecified atom stereocenters. The van der Waals surface area contributed by atoms with Crippen LogP contribution in [-0.2, 0) is 16.6 Å². The van der Waals surface area contributed by atoms with Crippen LogP contribution < -0.4 is 15.6 Å². The number of nitrogens with two attached hydrogens (primary N) is 1. The zero-order chi connectivity index (χ0) is 25.0. The number of benzene rings is 3. The molecule has 35 heavy (non-hydrogen) atoms. The Bertz CT molecular complexity index is 1530. The maximum atomic E-state index is 13.6. The molecule has 0 radical (unpaired) electrons. The lowest BCUT2D eigenvalue weighted by atomic mass is 10.2. The molecule has 4 rings (SSSR count). The molecule has 1 aromatic heterocycles. The van der Waals surface area contributed by atoms with Crippen molar-refractivity contribution in [2.45, 2.75) is 18.4 Å². The number of sulfonamides is 1. The molecule has 0 spiro atoms. The highest BCUT2D eigenvalue weighted by Crippen LogP contribution is 2.32. The highest BCUT2D eigenvalue weighted by atomic mass is 32.2. The number of anilines is 2. The topological polar surface area (TPSA) is 146 Å². The number of hydrogen-bond acceptors (Lipinski definition) is 7. The molecule has 0 saturated heterocycles. The fourth-order valence-corrected chi connectivity index (χ4v) is 5.17. The summed E-state index contributed by atoms with van der Waals surface area (Å²) in [4.78, 5) is 12.8. The smallest absolute Gasteiger partial charge is 0.301 e. The number of para-hydroxylation sites is 1. The minimum absolute atomic E-state index is 0.000977. The van der Waals surface area contributed by atoms with Gasteiger partial charge in [0.1, 0.15) is 16.4 Å². The Kier molecular flexibility index (Phi) is 6.80. The van der Waals surface area contributed by atoms with Crippen molar-refractivity contribution in [3.63, 3.8) is 0 Å². The van der Waals surface area contributed by atoms with Gasteiger partial charge in [0.25, 0.3) is 10.0 Å². The van der Waals surface area contributed by atoms with Gasteiger partial charge in [0.2, 0.25) is 0 Å². The van der Waals surface area contributed by atoms with Crippen molar-refractivity contribution >= 4 is 32.9 Å². The number of H-pyrrole nitrogens is 1. The van der Waals surface area contributed by atoms with Crippen molar-refractivity contribution < 1.29 is 13.5 Å². The standard InChI is InChI=1S/C24H24N6O4S/c1-2-29(19-12-8-9-17(15-19)16-31)35(33,34)21-14-7-6-13-20(21)26-27-22-23(25)28-30(24(22)32)18-10-4-3-5-11-18/h3-15,28,31H,2,16,25H2,1H3. The molecule has 4 N–H and O–H groups in total. The van der Waals surface area contributed by atoms with Gasteiger partial charge in [-0.2, -0.15) is 0 Å². The first-order valence-electron chi connectivity index (χ1n) is 10.8. The van der Waals surface area contributed by atoms with E-state index in [2.05, 4.69) is 15.3 Å². The first kappa shape index (κ1) is 23.9. The van der Waals surface area contributed by atoms with E-state index in [-0.39, 0.29) is 35.2 Å². The third-order valence-corrected chi connectivity index (χ3v) is 7.22. The molecule has 180 valence electrons. The van der Waals surface area contributed by atoms with E-state index < -0.39 is 15.6 Å². The van der Waals surface area contributed by atoms with Crippen LogP contribution in [0.3, 0.4) is 0 Å². The Balaban J connectivity index is 1.74. The summed E-state index contributed by atoms with van der Waals surface area (Å²) in [6, 6.07) is 21.6. The van der Waals surface area contributed by atoms with E-state index in [0.717, 1.165) is 0 Å². The first-order valence-corrected chi connectivity index (χ1v) is 12.2. The number of aliphatic hydroxyl groups excluding tert-OH is 1. The summed E-state index contributed by atoms with van der Waals surface area (Å²) in [7, 11) is -4.05. The highest BCUT2D eigenvalue weighted by molar-refractivity contribution is 7.93. The maximum Gasteiger partial charge on any atom is 0.301 e. The van der Waals surface area contributed by atoms with Crippen LogP contribution in [0, 0.1) is 0 Å². The van der Waals surface area contributed by atoms with Crippen molar-refractivity contribution in [2.24, 2.45) is 10.2 Å². The minimum atomic E-state index is -4.05. The van der Waals surface area contributed by atoms with Gasteiger partial charge in [-0.05, 0) is 48.9 Å². The van der Waals surface area contributed by atoms with Crippen molar-refractivity contribution in [2.75, 3.05) is 16.6 Å². The molecule has 0 amide bonds. The molecule has 0 bridgehead atoms. The van der Waals surface area contributed by atoms with Crippen molar-refractivity contribution in [3.05, 3.63) is 94.8 Å². The second kappa shape index (κ2) is 9.95. The number of nitrogens with one attached hydrogen (secondary N) is 1. The van der Waals surface area contributed by atoms with E-state index in [9.17, 15) is 18.3 Å². The number of aliphatic hydroxyl groups is 1. The first-order chi connectivity index (χ1) is 16.9. The van der Waals surface area contributed by atoms with Gasteiger partial charge in [0.05, 0.1) is 18.0 Å². The van der Waals surface area contributed by atoms with Crippen LogP contribution in [0.1, 0.15) is 12.5 Å². The Hall–Kier alpha value is -4.22. The number of rotatable bonds is 8. The predicted octanol–water partition coefficient (Wildman–Crippen LogP) is 3.87. The Morgan fingerprint density at radius 1 is 1.00 bits per heavy atom. The van der Waals surface area contributed by atoms with E-state index in [1.807, 2.05) is 6.07 Å². The van der Waals surface area contributed by atoms with Crippen LogP contribution in [0.5, 0.6) is 0 Å². The van der Waals surface area contributed by atoms with E-state index in [4.69, 9.17) is 5.73 Å². The number of aromatic amines is 1. The second-order valence-electron chi connectivity index (χ2n) is 7.52. The van der Waals surface area contributed by atoms with Crippen LogP contribution in [0.15, 0.2) is 98.8 Å². The number of hydrogen-bond donors (Lipinski definition) is 3. The summed E-state index contributed by atoms with van der Waals surface area (Å²) in [5.41, 5.74) is 6.92. The third kappa shape index (κ3) is 4.72. The molecule has 10 nitrogen and oxygen atoms in total. The van der Waals surface area contributed by atoms with E-state index in [1.165, 1.54) is 21.1 Å². The van der Waals surface area contributed by atoms with Crippen molar-refractivity contribution in [1.29, 1.82) is 0 Å². The summed E-state index contributed by atoms with van der Waals surface area (Å²) < 4.78 is 29.6. The lowest BCUT2D eigenvalue weighted by Gasteiger charge is -2.24. The monoisotopic (exact) mass is 492 g/mol. The van der Waals surface area contributed by atoms with E-state index >= 15 is 0 Å². The molecule has 11 heteroatoms. The summed E-state index contributed by atoms with van der Waals surface area (Å²) >= 11 is 0. The Labute approximate surface area is 202 Å². The summed E-state index contributed by atoms with van der Waals surface area (Å²) in [5.74, 6) is -0.000977. The van der Waals surface area contributed by atoms with Gasteiger partial charge < -0.3 is 10.8 Å². The van der Waals surface area contributed by atoms with Gasteiger partial charge in [0.15, 0.2) is 5.69 Å². The molecule has 3 aromatic carbocycles. The van der Waals surface area contributed by atoms with E-state index in [0.29, 0.717) is 16.9 Å². The molecule has 0 fully saturated rings. The fraction of sp³-hybridized carbons (Fsp3) is 0.125. The summed E-state index contributed by atoms with van der Waals surface area (Å²) in [5, 5.41) is 20.3. The van der Waals surface area contributed by atoms with Crippen LogP contribution in [0.2, 0.25) is 0 Å². The van der Waals surface area contributed by atoms with Crippen molar-refractivity contribution in [3.8, 4) is 5.69 Å². The molecule has 4 aromatic rings. The highest BCUT2D eigenvalue weighted by Gasteiger charge is 2.27. The van der Waals surface area contributed by atoms with Crippen LogP contribution in [-0.4, -0.2) is 29.8 Å². The van der Waals surface area contributed by atoms with Crippen LogP contribution in [0.25, 0.3) is 5.69 Å². The lowest BCUT2D eigenvalue weighted by molar-refractivity contribution is 0.282. The molecule has 0 aliphatic heterocycles.